The molecule has 16 aromatic carbocycles. The first-order chi connectivity index (χ1) is 65.3. The maximum absolute atomic E-state index is 6.08. The van der Waals surface area contributed by atoms with Crippen molar-refractivity contribution in [2.75, 3.05) is 0 Å². The summed E-state index contributed by atoms with van der Waals surface area (Å²) in [6.45, 7) is 34.4. The quantitative estimate of drug-likeness (QED) is 0.0592. The highest BCUT2D eigenvalue weighted by Gasteiger charge is 2.17. The minimum absolute atomic E-state index is 0.372. The van der Waals surface area contributed by atoms with Crippen LogP contribution in [0.15, 0.2) is 388 Å². The van der Waals surface area contributed by atoms with Crippen molar-refractivity contribution < 1.29 is 37.9 Å². The van der Waals surface area contributed by atoms with Crippen LogP contribution in [0.25, 0.3) is 0 Å². The molecule has 16 rings (SSSR count). The van der Waals surface area contributed by atoms with Crippen LogP contribution in [-0.4, -0.2) is 0 Å². The largest absolute Gasteiger partial charge is 0.457 e. The van der Waals surface area contributed by atoms with Crippen molar-refractivity contribution in [3.05, 3.63) is 473 Å². The van der Waals surface area contributed by atoms with Gasteiger partial charge < -0.3 is 37.9 Å². The molecule has 0 radical (unpaired) electrons. The summed E-state index contributed by atoms with van der Waals surface area (Å²) >= 11 is 47.7. The second kappa shape index (κ2) is 56.7. The van der Waals surface area contributed by atoms with Crippen LogP contribution in [0.4, 0.5) is 0 Å². The topological polar surface area (TPSA) is 73.8 Å². The van der Waals surface area contributed by atoms with E-state index in [0.29, 0.717) is 94.0 Å². The second-order valence-corrected chi connectivity index (χ2v) is 37.5. The van der Waals surface area contributed by atoms with Gasteiger partial charge in [0.1, 0.15) is 92.0 Å². The van der Waals surface area contributed by atoms with Gasteiger partial charge in [-0.2, -0.15) is 0 Å². The van der Waals surface area contributed by atoms with E-state index in [1.807, 2.05) is 334 Å². The number of hydrogen-bond donors (Lipinski definition) is 0. The molecule has 0 aliphatic rings. The minimum atomic E-state index is 0.372. The highest BCUT2D eigenvalue weighted by Crippen LogP contribution is 2.41. The molecule has 704 valence electrons. The molecule has 8 nitrogen and oxygen atoms in total. The fourth-order valence-corrected chi connectivity index (χ4v) is 14.7. The molecule has 0 aliphatic carbocycles. The van der Waals surface area contributed by atoms with E-state index < -0.39 is 0 Å². The SMILES string of the molecule is CC(C)c1ccc(Cl)cc1Oc1ccc(Cl)cc1.CC(C)c1ccc(Cl)cc1Oc1cccc(Cl)c1.CC(C)c1ccc(Cl)cc1Oc1ccccc1.CC(C)c1cccc(Oc2ccccc2)c1.CC(C)c1ccccc1Oc1ccc(Cl)cc1.CC(C)c1ccccc1Oc1cccc(Cl)c1.CC(C)c1ccccc1Oc1ccccc1.CC(C)c1ccccc1Oc1ccccc1Cl. The summed E-state index contributed by atoms with van der Waals surface area (Å²) in [7, 11) is 0. The van der Waals surface area contributed by atoms with Crippen LogP contribution in [0.2, 0.25) is 40.2 Å². The van der Waals surface area contributed by atoms with E-state index in [9.17, 15) is 0 Å². The number of halogens is 8. The Balaban J connectivity index is 0.000000174. The molecule has 0 amide bonds. The maximum atomic E-state index is 6.08. The highest BCUT2D eigenvalue weighted by molar-refractivity contribution is 6.33. The van der Waals surface area contributed by atoms with Crippen molar-refractivity contribution in [3.63, 3.8) is 0 Å². The summed E-state index contributed by atoms with van der Waals surface area (Å²) in [5, 5.41) is 5.41. The average Bonchev–Trinajstić information content (AvgIpc) is 0.812. The zero-order chi connectivity index (χ0) is 98.0. The number of rotatable bonds is 24. The van der Waals surface area contributed by atoms with Crippen LogP contribution < -0.4 is 37.9 Å². The molecular formula is C120H120Cl8O8. The van der Waals surface area contributed by atoms with Crippen molar-refractivity contribution in [1.29, 1.82) is 0 Å². The fraction of sp³-hybridized carbons (Fsp3) is 0.200. The number of hydrogen-bond acceptors (Lipinski definition) is 8. The molecule has 16 aromatic rings. The van der Waals surface area contributed by atoms with Gasteiger partial charge in [-0.05, 0) is 298 Å². The lowest BCUT2D eigenvalue weighted by Crippen LogP contribution is -1.93. The molecule has 0 unspecified atom stereocenters. The number of para-hydroxylation sites is 8. The van der Waals surface area contributed by atoms with Crippen molar-refractivity contribution in [3.8, 4) is 92.0 Å². The van der Waals surface area contributed by atoms with E-state index in [2.05, 4.69) is 147 Å². The van der Waals surface area contributed by atoms with E-state index in [1.165, 1.54) is 33.4 Å². The Kier molecular flexibility index (Phi) is 45.0. The van der Waals surface area contributed by atoms with E-state index >= 15 is 0 Å². The first-order valence-electron chi connectivity index (χ1n) is 45.5. The molecule has 136 heavy (non-hydrogen) atoms. The average molecular weight is 1970 g/mol. The van der Waals surface area contributed by atoms with E-state index in [4.69, 9.17) is 131 Å². The predicted molar refractivity (Wildman–Crippen MR) is 576 cm³/mol. The van der Waals surface area contributed by atoms with Crippen molar-refractivity contribution >= 4 is 92.8 Å². The summed E-state index contributed by atoms with van der Waals surface area (Å²) in [4.78, 5) is 0. The van der Waals surface area contributed by atoms with Gasteiger partial charge in [0, 0.05) is 35.2 Å². The molecular weight excluding hydrogens is 1850 g/mol. The van der Waals surface area contributed by atoms with Crippen LogP contribution in [0.1, 0.15) is 203 Å². The summed E-state index contributed by atoms with van der Waals surface area (Å²) in [5.41, 5.74) is 9.56. The standard InChI is InChI=1S/2C15H14Cl2O.4C15H15ClO.2C15H16O/c1-10(2)14-8-5-12(17)9-15(14)18-13-6-3-11(16)4-7-13;1-10(2)14-7-6-12(17)9-15(14)18-13-5-3-4-11(16)8-13;1-11(2)12-7-3-5-9-14(12)17-15-10-6-4-8-13(15)16;1-11(2)14-8-3-4-9-15(14)17-13-7-5-6-12(16)10-13;1-11(2)14-5-3-4-6-15(14)17-13-9-7-12(16)8-10-13;1-11(2)14-9-8-12(16)10-15(14)17-13-6-4-3-5-7-13;1-12(2)13-7-6-10-15(11-13)16-14-8-4-3-5-9-14;1-12(2)14-10-6-7-11-15(14)16-13-8-4-3-5-9-13/h2*3-10H,1-2H3;4*3-11H,1-2H3;2*3-12H,1-2H3. The van der Waals surface area contributed by atoms with Crippen LogP contribution in [-0.2, 0) is 0 Å². The third-order valence-electron chi connectivity index (χ3n) is 20.6. The Morgan fingerprint density at radius 1 is 0.140 bits per heavy atom. The van der Waals surface area contributed by atoms with Gasteiger partial charge >= 0.3 is 0 Å². The van der Waals surface area contributed by atoms with Crippen molar-refractivity contribution in [2.24, 2.45) is 0 Å². The van der Waals surface area contributed by atoms with Gasteiger partial charge in [0.15, 0.2) is 0 Å². The van der Waals surface area contributed by atoms with Gasteiger partial charge in [0.25, 0.3) is 0 Å². The van der Waals surface area contributed by atoms with Gasteiger partial charge in [-0.1, -0.05) is 386 Å². The lowest BCUT2D eigenvalue weighted by atomic mass is 10.0. The lowest BCUT2D eigenvalue weighted by molar-refractivity contribution is 0.473. The third-order valence-corrected chi connectivity index (χ3v) is 22.6. The second-order valence-electron chi connectivity index (χ2n) is 34.0. The molecule has 0 atom stereocenters. The molecule has 0 fully saturated rings. The van der Waals surface area contributed by atoms with E-state index in [1.54, 1.807) is 18.2 Å². The Bertz CT molecular complexity index is 6250. The molecule has 0 heterocycles. The highest BCUT2D eigenvalue weighted by atomic mass is 35.5. The van der Waals surface area contributed by atoms with Crippen molar-refractivity contribution in [1.82, 2.24) is 0 Å². The zero-order valence-electron chi connectivity index (χ0n) is 79.9. The molecule has 0 aromatic heterocycles. The van der Waals surface area contributed by atoms with Gasteiger partial charge in [-0.25, -0.2) is 0 Å². The number of ether oxygens (including phenoxy) is 8. The Morgan fingerprint density at radius 2 is 0.360 bits per heavy atom. The van der Waals surface area contributed by atoms with Gasteiger partial charge in [-0.3, -0.25) is 0 Å². The summed E-state index contributed by atoms with van der Waals surface area (Å²) in [6, 6.07) is 124. The normalized spacial score (nSPS) is 10.6. The van der Waals surface area contributed by atoms with Crippen LogP contribution in [0, 0.1) is 0 Å². The monoisotopic (exact) mass is 1970 g/mol. The summed E-state index contributed by atoms with van der Waals surface area (Å²) in [6.07, 6.45) is 0. The molecule has 0 spiro atoms. The first kappa shape index (κ1) is 108. The molecule has 16 heteroatoms. The van der Waals surface area contributed by atoms with Gasteiger partial charge in [0.05, 0.1) is 5.02 Å². The molecule has 0 bridgehead atoms. The predicted octanol–water partition coefficient (Wildman–Crippen LogP) is 42.0. The molecule has 0 aliphatic heterocycles. The maximum Gasteiger partial charge on any atom is 0.146 e. The fourth-order valence-electron chi connectivity index (χ4n) is 13.4. The summed E-state index contributed by atoms with van der Waals surface area (Å²) < 4.78 is 46.8. The minimum Gasteiger partial charge on any atom is -0.457 e. The summed E-state index contributed by atoms with van der Waals surface area (Å²) in [5.74, 6) is 16.7. The molecule has 0 saturated carbocycles. The zero-order valence-corrected chi connectivity index (χ0v) is 85.9. The first-order valence-corrected chi connectivity index (χ1v) is 48.5. The van der Waals surface area contributed by atoms with Crippen LogP contribution in [0.3, 0.4) is 0 Å². The van der Waals surface area contributed by atoms with Crippen LogP contribution >= 0.6 is 92.8 Å². The lowest BCUT2D eigenvalue weighted by Gasteiger charge is -2.14. The Labute approximate surface area is 846 Å². The van der Waals surface area contributed by atoms with E-state index in [-0.39, 0.29) is 0 Å². The van der Waals surface area contributed by atoms with Gasteiger partial charge in [0.2, 0.25) is 0 Å². The molecule has 0 N–H and O–H groups in total. The Morgan fingerprint density at radius 3 is 0.669 bits per heavy atom. The van der Waals surface area contributed by atoms with Gasteiger partial charge in [-0.15, -0.1) is 0 Å². The van der Waals surface area contributed by atoms with E-state index in [0.717, 1.165) is 96.6 Å². The number of benzene rings is 16. The Hall–Kier alpha value is -11.8. The van der Waals surface area contributed by atoms with Crippen LogP contribution in [0.5, 0.6) is 92.0 Å². The van der Waals surface area contributed by atoms with Crippen molar-refractivity contribution in [2.45, 2.75) is 158 Å². The smallest absolute Gasteiger partial charge is 0.146 e. The third kappa shape index (κ3) is 37.0. The molecule has 0 saturated heterocycles.